The monoisotopic (exact) mass is 370 g/mol. The van der Waals surface area contributed by atoms with Crippen molar-refractivity contribution in [2.24, 2.45) is 0 Å². The van der Waals surface area contributed by atoms with Crippen molar-refractivity contribution in [1.29, 1.82) is 0 Å². The Morgan fingerprint density at radius 1 is 1.15 bits per heavy atom. The second-order valence-corrected chi connectivity index (χ2v) is 6.16. The molecule has 1 aliphatic rings. The number of rotatable bonds is 5. The van der Waals surface area contributed by atoms with Crippen LogP contribution in [-0.2, 0) is 11.2 Å². The van der Waals surface area contributed by atoms with Crippen LogP contribution in [0.15, 0.2) is 36.4 Å². The molecule has 1 fully saturated rings. The molecule has 1 aliphatic heterocycles. The molecular formula is C18H19FN6O2. The summed E-state index contributed by atoms with van der Waals surface area (Å²) >= 11 is 0. The van der Waals surface area contributed by atoms with Crippen LogP contribution < -0.4 is 10.2 Å². The molecule has 1 saturated heterocycles. The van der Waals surface area contributed by atoms with E-state index in [2.05, 4.69) is 25.5 Å². The van der Waals surface area contributed by atoms with Gasteiger partial charge in [0.2, 0.25) is 0 Å². The summed E-state index contributed by atoms with van der Waals surface area (Å²) in [7, 11) is 0. The second-order valence-electron chi connectivity index (χ2n) is 6.16. The van der Waals surface area contributed by atoms with Crippen molar-refractivity contribution in [3.63, 3.8) is 0 Å². The largest absolute Gasteiger partial charge is 0.378 e. The van der Waals surface area contributed by atoms with Crippen LogP contribution in [0.5, 0.6) is 0 Å². The van der Waals surface area contributed by atoms with Crippen molar-refractivity contribution < 1.29 is 13.9 Å². The molecule has 27 heavy (non-hydrogen) atoms. The minimum Gasteiger partial charge on any atom is -0.378 e. The molecule has 1 aromatic carbocycles. The standard InChI is InChI=1S/C18H19FN6O2/c19-14-4-2-1-3-13(14)18(26)20-8-7-16-22-21-15-5-6-17(23-25(15)16)24-9-11-27-12-10-24/h1-6H,7-12H2,(H,20,26). The van der Waals surface area contributed by atoms with Gasteiger partial charge in [0.15, 0.2) is 11.5 Å². The summed E-state index contributed by atoms with van der Waals surface area (Å²) in [6, 6.07) is 9.67. The van der Waals surface area contributed by atoms with Gasteiger partial charge < -0.3 is 15.0 Å². The van der Waals surface area contributed by atoms with E-state index in [0.717, 1.165) is 18.9 Å². The highest BCUT2D eigenvalue weighted by atomic mass is 19.1. The van der Waals surface area contributed by atoms with Crippen LogP contribution in [0.2, 0.25) is 0 Å². The van der Waals surface area contributed by atoms with Crippen molar-refractivity contribution in [2.45, 2.75) is 6.42 Å². The molecule has 3 aromatic rings. The van der Waals surface area contributed by atoms with Crippen LogP contribution >= 0.6 is 0 Å². The Balaban J connectivity index is 1.44. The predicted octanol–water partition coefficient (Wildman–Crippen LogP) is 1.07. The number of morpholine rings is 1. The van der Waals surface area contributed by atoms with E-state index in [1.165, 1.54) is 12.1 Å². The molecule has 0 saturated carbocycles. The van der Waals surface area contributed by atoms with Gasteiger partial charge in [-0.05, 0) is 24.3 Å². The maximum atomic E-state index is 13.7. The summed E-state index contributed by atoms with van der Waals surface area (Å²) in [5.74, 6) is 0.472. The number of aromatic nitrogens is 4. The fourth-order valence-electron chi connectivity index (χ4n) is 2.97. The molecule has 0 spiro atoms. The fraction of sp³-hybridized carbons (Fsp3) is 0.333. The Labute approximate surface area is 155 Å². The zero-order valence-corrected chi connectivity index (χ0v) is 14.6. The molecule has 3 heterocycles. The third-order valence-corrected chi connectivity index (χ3v) is 4.40. The molecule has 0 bridgehead atoms. The number of ether oxygens (including phenoxy) is 1. The van der Waals surface area contributed by atoms with E-state index >= 15 is 0 Å². The number of anilines is 1. The second kappa shape index (κ2) is 7.67. The molecule has 0 radical (unpaired) electrons. The number of benzene rings is 1. The maximum absolute atomic E-state index is 13.7. The molecule has 0 aliphatic carbocycles. The Kier molecular flexibility index (Phi) is 4.93. The molecule has 0 unspecified atom stereocenters. The first kappa shape index (κ1) is 17.3. The number of nitrogens with one attached hydrogen (secondary N) is 1. The van der Waals surface area contributed by atoms with Gasteiger partial charge in [0.25, 0.3) is 5.91 Å². The number of carbonyl (C=O) groups is 1. The third kappa shape index (κ3) is 3.72. The average Bonchev–Trinajstić information content (AvgIpc) is 3.11. The number of carbonyl (C=O) groups excluding carboxylic acids is 1. The Morgan fingerprint density at radius 3 is 2.78 bits per heavy atom. The van der Waals surface area contributed by atoms with Gasteiger partial charge >= 0.3 is 0 Å². The van der Waals surface area contributed by atoms with Gasteiger partial charge in [0.05, 0.1) is 18.8 Å². The van der Waals surface area contributed by atoms with Gasteiger partial charge in [-0.15, -0.1) is 15.3 Å². The molecule has 1 amide bonds. The number of hydrogen-bond acceptors (Lipinski definition) is 6. The molecule has 1 N–H and O–H groups in total. The molecule has 0 atom stereocenters. The Bertz CT molecular complexity index is 954. The minimum atomic E-state index is -0.542. The van der Waals surface area contributed by atoms with Crippen LogP contribution in [0.1, 0.15) is 16.2 Å². The smallest absolute Gasteiger partial charge is 0.254 e. The minimum absolute atomic E-state index is 0.0244. The average molecular weight is 370 g/mol. The van der Waals surface area contributed by atoms with E-state index in [1.54, 1.807) is 16.6 Å². The van der Waals surface area contributed by atoms with Crippen LogP contribution in [-0.4, -0.2) is 58.6 Å². The summed E-state index contributed by atoms with van der Waals surface area (Å²) in [5.41, 5.74) is 0.666. The van der Waals surface area contributed by atoms with Gasteiger partial charge in [-0.25, -0.2) is 4.39 Å². The van der Waals surface area contributed by atoms with Crippen LogP contribution in [0.4, 0.5) is 10.2 Å². The van der Waals surface area contributed by atoms with Gasteiger partial charge in [-0.1, -0.05) is 12.1 Å². The lowest BCUT2D eigenvalue weighted by atomic mass is 10.2. The highest BCUT2D eigenvalue weighted by Crippen LogP contribution is 2.14. The highest BCUT2D eigenvalue weighted by molar-refractivity contribution is 5.94. The summed E-state index contributed by atoms with van der Waals surface area (Å²) in [6.07, 6.45) is 0.431. The fourth-order valence-corrected chi connectivity index (χ4v) is 2.97. The van der Waals surface area contributed by atoms with Crippen LogP contribution in [0.25, 0.3) is 5.65 Å². The summed E-state index contributed by atoms with van der Waals surface area (Å²) < 4.78 is 20.7. The van der Waals surface area contributed by atoms with Crippen molar-refractivity contribution in [1.82, 2.24) is 25.1 Å². The van der Waals surface area contributed by atoms with Crippen LogP contribution in [0, 0.1) is 5.82 Å². The normalized spacial score (nSPS) is 14.5. The van der Waals surface area contributed by atoms with Gasteiger partial charge in [0, 0.05) is 26.1 Å². The van der Waals surface area contributed by atoms with E-state index in [4.69, 9.17) is 4.74 Å². The zero-order chi connectivity index (χ0) is 18.6. The van der Waals surface area contributed by atoms with Crippen LogP contribution in [0.3, 0.4) is 0 Å². The first-order valence-electron chi connectivity index (χ1n) is 8.79. The van der Waals surface area contributed by atoms with Crippen molar-refractivity contribution in [2.75, 3.05) is 37.7 Å². The molecule has 140 valence electrons. The predicted molar refractivity (Wildman–Crippen MR) is 96.3 cm³/mol. The first-order valence-corrected chi connectivity index (χ1v) is 8.79. The van der Waals surface area contributed by atoms with Crippen molar-refractivity contribution in [3.8, 4) is 0 Å². The lowest BCUT2D eigenvalue weighted by Gasteiger charge is -2.27. The summed E-state index contributed by atoms with van der Waals surface area (Å²) in [5, 5.41) is 15.6. The molecule has 4 rings (SSSR count). The van der Waals surface area contributed by atoms with E-state index < -0.39 is 11.7 Å². The number of hydrogen-bond donors (Lipinski definition) is 1. The highest BCUT2D eigenvalue weighted by Gasteiger charge is 2.15. The number of amides is 1. The van der Waals surface area contributed by atoms with Gasteiger partial charge in [0.1, 0.15) is 11.6 Å². The Morgan fingerprint density at radius 2 is 1.96 bits per heavy atom. The molecule has 9 heteroatoms. The molecule has 8 nitrogen and oxygen atoms in total. The number of nitrogens with zero attached hydrogens (tertiary/aromatic N) is 5. The van der Waals surface area contributed by atoms with E-state index in [-0.39, 0.29) is 5.56 Å². The summed E-state index contributed by atoms with van der Waals surface area (Å²) in [4.78, 5) is 14.2. The molecular weight excluding hydrogens is 351 g/mol. The SMILES string of the molecule is O=C(NCCc1nnc2ccc(N3CCOCC3)nn12)c1ccccc1F. The van der Waals surface area contributed by atoms with Crippen molar-refractivity contribution in [3.05, 3.63) is 53.6 Å². The summed E-state index contributed by atoms with van der Waals surface area (Å²) in [6.45, 7) is 3.23. The van der Waals surface area contributed by atoms with E-state index in [0.29, 0.717) is 37.7 Å². The molecule has 2 aromatic heterocycles. The first-order chi connectivity index (χ1) is 13.2. The van der Waals surface area contributed by atoms with Gasteiger partial charge in [-0.3, -0.25) is 4.79 Å². The number of fused-ring (bicyclic) bond motifs is 1. The van der Waals surface area contributed by atoms with Crippen molar-refractivity contribution >= 4 is 17.4 Å². The maximum Gasteiger partial charge on any atom is 0.254 e. The van der Waals surface area contributed by atoms with Gasteiger partial charge in [-0.2, -0.15) is 4.52 Å². The topological polar surface area (TPSA) is 84.7 Å². The quantitative estimate of drug-likeness (QED) is 0.723. The zero-order valence-electron chi connectivity index (χ0n) is 14.6. The third-order valence-electron chi connectivity index (χ3n) is 4.40. The lowest BCUT2D eigenvalue weighted by molar-refractivity contribution is 0.0950. The lowest BCUT2D eigenvalue weighted by Crippen LogP contribution is -2.37. The van der Waals surface area contributed by atoms with E-state index in [9.17, 15) is 9.18 Å². The van der Waals surface area contributed by atoms with E-state index in [1.807, 2.05) is 12.1 Å². The Hall–Kier alpha value is -3.07. The number of halogens is 1.